The van der Waals surface area contributed by atoms with Gasteiger partial charge in [0.1, 0.15) is 0 Å². The van der Waals surface area contributed by atoms with Gasteiger partial charge in [-0.1, -0.05) is 48.3 Å². The molecule has 0 spiro atoms. The van der Waals surface area contributed by atoms with Crippen molar-refractivity contribution >= 4 is 21.8 Å². The predicted molar refractivity (Wildman–Crippen MR) is 82.8 cm³/mol. The number of halogens is 1. The van der Waals surface area contributed by atoms with Crippen molar-refractivity contribution in [1.82, 2.24) is 5.32 Å². The maximum absolute atomic E-state index is 12.2. The summed E-state index contributed by atoms with van der Waals surface area (Å²) < 4.78 is 1.04. The molecule has 0 saturated heterocycles. The lowest BCUT2D eigenvalue weighted by Crippen LogP contribution is -2.37. The average Bonchev–Trinajstić information content (AvgIpc) is 2.43. The van der Waals surface area contributed by atoms with Crippen LogP contribution in [0.3, 0.4) is 0 Å². The van der Waals surface area contributed by atoms with Crippen LogP contribution in [0, 0.1) is 5.92 Å². The number of carbonyl (C=O) groups is 1. The number of hydrogen-bond donors (Lipinski definition) is 2. The van der Waals surface area contributed by atoms with E-state index < -0.39 is 0 Å². The third kappa shape index (κ3) is 4.96. The summed E-state index contributed by atoms with van der Waals surface area (Å²) in [5.74, 6) is -0.00591. The van der Waals surface area contributed by atoms with Gasteiger partial charge in [-0.05, 0) is 30.5 Å². The Kier molecular flexibility index (Phi) is 7.10. The van der Waals surface area contributed by atoms with E-state index >= 15 is 0 Å². The van der Waals surface area contributed by atoms with Gasteiger partial charge in [0, 0.05) is 11.0 Å². The van der Waals surface area contributed by atoms with Crippen LogP contribution in [0.25, 0.3) is 0 Å². The topological polar surface area (TPSA) is 55.1 Å². The summed E-state index contributed by atoms with van der Waals surface area (Å²) in [5, 5.41) is 3.10. The average molecular weight is 327 g/mol. The summed E-state index contributed by atoms with van der Waals surface area (Å²) >= 11 is 3.42. The first-order valence-corrected chi connectivity index (χ1v) is 7.67. The normalized spacial score (nSPS) is 13.9. The zero-order valence-electron chi connectivity index (χ0n) is 11.7. The van der Waals surface area contributed by atoms with E-state index in [1.165, 1.54) is 0 Å². The molecule has 2 atom stereocenters. The molecule has 1 aromatic carbocycles. The third-order valence-electron chi connectivity index (χ3n) is 3.29. The van der Waals surface area contributed by atoms with Crippen LogP contribution in [-0.4, -0.2) is 12.5 Å². The molecule has 1 rings (SSSR count). The standard InChI is InChI=1S/C15H23BrN2O/c1-3-5-12(10-17)15(19)18-14(4-2)11-6-8-13(16)9-7-11/h6-9,12,14H,3-5,10,17H2,1-2H3,(H,18,19). The van der Waals surface area contributed by atoms with Crippen LogP contribution in [-0.2, 0) is 4.79 Å². The van der Waals surface area contributed by atoms with Crippen LogP contribution in [0.4, 0.5) is 0 Å². The summed E-state index contributed by atoms with van der Waals surface area (Å²) in [5.41, 5.74) is 6.80. The van der Waals surface area contributed by atoms with Crippen molar-refractivity contribution in [3.8, 4) is 0 Å². The van der Waals surface area contributed by atoms with Crippen molar-refractivity contribution in [2.75, 3.05) is 6.54 Å². The zero-order valence-corrected chi connectivity index (χ0v) is 13.2. The fourth-order valence-electron chi connectivity index (χ4n) is 2.11. The highest BCUT2D eigenvalue weighted by molar-refractivity contribution is 9.10. The Labute approximate surface area is 124 Å². The van der Waals surface area contributed by atoms with Crippen LogP contribution in [0.15, 0.2) is 28.7 Å². The molecule has 1 aromatic rings. The highest BCUT2D eigenvalue weighted by Crippen LogP contribution is 2.20. The minimum atomic E-state index is -0.0745. The molecule has 2 unspecified atom stereocenters. The molecule has 0 saturated carbocycles. The van der Waals surface area contributed by atoms with Crippen molar-refractivity contribution in [3.63, 3.8) is 0 Å². The molecule has 0 radical (unpaired) electrons. The van der Waals surface area contributed by atoms with Gasteiger partial charge in [-0.2, -0.15) is 0 Å². The van der Waals surface area contributed by atoms with Gasteiger partial charge in [0.15, 0.2) is 0 Å². The summed E-state index contributed by atoms with van der Waals surface area (Å²) in [7, 11) is 0. The zero-order chi connectivity index (χ0) is 14.3. The van der Waals surface area contributed by atoms with Gasteiger partial charge in [-0.15, -0.1) is 0 Å². The first-order valence-electron chi connectivity index (χ1n) is 6.88. The van der Waals surface area contributed by atoms with E-state index in [2.05, 4.69) is 35.1 Å². The SMILES string of the molecule is CCCC(CN)C(=O)NC(CC)c1ccc(Br)cc1. The molecule has 0 aliphatic heterocycles. The summed E-state index contributed by atoms with van der Waals surface area (Å²) in [6.07, 6.45) is 2.69. The lowest BCUT2D eigenvalue weighted by molar-refractivity contribution is -0.125. The monoisotopic (exact) mass is 326 g/mol. The number of benzene rings is 1. The second-order valence-electron chi connectivity index (χ2n) is 4.74. The Morgan fingerprint density at radius 2 is 1.95 bits per heavy atom. The van der Waals surface area contributed by atoms with Crippen molar-refractivity contribution in [3.05, 3.63) is 34.3 Å². The van der Waals surface area contributed by atoms with Crippen LogP contribution in [0.2, 0.25) is 0 Å². The molecule has 1 amide bonds. The van der Waals surface area contributed by atoms with Crippen LogP contribution in [0.5, 0.6) is 0 Å². The Balaban J connectivity index is 2.70. The maximum atomic E-state index is 12.2. The van der Waals surface area contributed by atoms with Gasteiger partial charge < -0.3 is 11.1 Å². The van der Waals surface area contributed by atoms with Crippen molar-refractivity contribution in [2.24, 2.45) is 11.7 Å². The van der Waals surface area contributed by atoms with E-state index in [0.29, 0.717) is 6.54 Å². The van der Waals surface area contributed by atoms with Crippen LogP contribution in [0.1, 0.15) is 44.7 Å². The number of nitrogens with one attached hydrogen (secondary N) is 1. The second kappa shape index (κ2) is 8.33. The van der Waals surface area contributed by atoms with E-state index in [0.717, 1.165) is 29.3 Å². The van der Waals surface area contributed by atoms with Gasteiger partial charge in [0.25, 0.3) is 0 Å². The maximum Gasteiger partial charge on any atom is 0.224 e. The Hall–Kier alpha value is -0.870. The highest BCUT2D eigenvalue weighted by Gasteiger charge is 2.19. The van der Waals surface area contributed by atoms with Crippen molar-refractivity contribution in [2.45, 2.75) is 39.2 Å². The first-order chi connectivity index (χ1) is 9.12. The summed E-state index contributed by atoms with van der Waals surface area (Å²) in [6.45, 7) is 4.56. The van der Waals surface area contributed by atoms with E-state index in [-0.39, 0.29) is 17.9 Å². The molecule has 19 heavy (non-hydrogen) atoms. The molecule has 0 heterocycles. The van der Waals surface area contributed by atoms with Gasteiger partial charge in [0.05, 0.1) is 12.0 Å². The minimum Gasteiger partial charge on any atom is -0.349 e. The fraction of sp³-hybridized carbons (Fsp3) is 0.533. The molecule has 106 valence electrons. The number of rotatable bonds is 7. The number of carbonyl (C=O) groups excluding carboxylic acids is 1. The number of amides is 1. The Morgan fingerprint density at radius 1 is 1.32 bits per heavy atom. The molecule has 0 aliphatic rings. The molecule has 0 aliphatic carbocycles. The predicted octanol–water partition coefficient (Wildman–Crippen LogP) is 3.39. The minimum absolute atomic E-state index is 0.0616. The molecule has 0 fully saturated rings. The second-order valence-corrected chi connectivity index (χ2v) is 5.66. The first kappa shape index (κ1) is 16.2. The van der Waals surface area contributed by atoms with E-state index in [1.807, 2.05) is 24.3 Å². The van der Waals surface area contributed by atoms with Gasteiger partial charge >= 0.3 is 0 Å². The third-order valence-corrected chi connectivity index (χ3v) is 3.82. The molecule has 0 bridgehead atoms. The quantitative estimate of drug-likeness (QED) is 0.806. The number of nitrogens with two attached hydrogens (primary N) is 1. The van der Waals surface area contributed by atoms with Gasteiger partial charge in [0.2, 0.25) is 5.91 Å². The van der Waals surface area contributed by atoms with Gasteiger partial charge in [-0.25, -0.2) is 0 Å². The lowest BCUT2D eigenvalue weighted by Gasteiger charge is -2.21. The Bertz CT molecular complexity index is 392. The summed E-state index contributed by atoms with van der Waals surface area (Å²) in [6, 6.07) is 8.13. The van der Waals surface area contributed by atoms with E-state index in [1.54, 1.807) is 0 Å². The molecule has 4 heteroatoms. The molecule has 0 aromatic heterocycles. The van der Waals surface area contributed by atoms with Crippen molar-refractivity contribution < 1.29 is 4.79 Å². The largest absolute Gasteiger partial charge is 0.349 e. The van der Waals surface area contributed by atoms with E-state index in [9.17, 15) is 4.79 Å². The van der Waals surface area contributed by atoms with Crippen molar-refractivity contribution in [1.29, 1.82) is 0 Å². The highest BCUT2D eigenvalue weighted by atomic mass is 79.9. The number of hydrogen-bond acceptors (Lipinski definition) is 2. The molecule has 3 N–H and O–H groups in total. The smallest absolute Gasteiger partial charge is 0.224 e. The Morgan fingerprint density at radius 3 is 2.42 bits per heavy atom. The lowest BCUT2D eigenvalue weighted by atomic mass is 10.00. The summed E-state index contributed by atoms with van der Waals surface area (Å²) in [4.78, 5) is 12.2. The van der Waals surface area contributed by atoms with Gasteiger partial charge in [-0.3, -0.25) is 4.79 Å². The van der Waals surface area contributed by atoms with E-state index in [4.69, 9.17) is 5.73 Å². The molecule has 3 nitrogen and oxygen atoms in total. The fourth-order valence-corrected chi connectivity index (χ4v) is 2.37. The molecular formula is C15H23BrN2O. The van der Waals surface area contributed by atoms with Crippen LogP contribution >= 0.6 is 15.9 Å². The van der Waals surface area contributed by atoms with Crippen LogP contribution < -0.4 is 11.1 Å². The molecular weight excluding hydrogens is 304 g/mol.